The van der Waals surface area contributed by atoms with Gasteiger partial charge in [0.25, 0.3) is 0 Å². The Bertz CT molecular complexity index is 407. The molecule has 0 bridgehead atoms. The van der Waals surface area contributed by atoms with Gasteiger partial charge in [-0.2, -0.15) is 0 Å². The zero-order valence-electron chi connectivity index (χ0n) is 7.12. The van der Waals surface area contributed by atoms with E-state index in [1.807, 2.05) is 0 Å². The van der Waals surface area contributed by atoms with Crippen LogP contribution in [-0.2, 0) is 4.79 Å². The summed E-state index contributed by atoms with van der Waals surface area (Å²) in [4.78, 5) is 21.9. The number of fused-ring (bicyclic) bond motifs is 1. The van der Waals surface area contributed by atoms with Gasteiger partial charge in [0.15, 0.2) is 11.0 Å². The van der Waals surface area contributed by atoms with Crippen LogP contribution in [0.4, 0.5) is 0 Å². The van der Waals surface area contributed by atoms with Crippen molar-refractivity contribution in [2.75, 3.05) is 0 Å². The number of carboxylic acids is 1. The van der Waals surface area contributed by atoms with E-state index in [0.717, 1.165) is 0 Å². The fourth-order valence-electron chi connectivity index (χ4n) is 1.70. The van der Waals surface area contributed by atoms with Crippen molar-refractivity contribution in [2.45, 2.75) is 18.8 Å². The zero-order chi connectivity index (χ0) is 10.3. The van der Waals surface area contributed by atoms with Gasteiger partial charge in [0, 0.05) is 18.4 Å². The quantitative estimate of drug-likeness (QED) is 0.819. The first-order valence-corrected chi connectivity index (χ1v) is 4.50. The van der Waals surface area contributed by atoms with Gasteiger partial charge in [0.1, 0.15) is 5.76 Å². The first kappa shape index (κ1) is 9.27. The van der Waals surface area contributed by atoms with Crippen molar-refractivity contribution in [3.8, 4) is 0 Å². The number of rotatable bonds is 2. The van der Waals surface area contributed by atoms with Crippen molar-refractivity contribution in [1.29, 1.82) is 0 Å². The van der Waals surface area contributed by atoms with Crippen LogP contribution in [0.15, 0.2) is 10.5 Å². The number of hydrogen-bond acceptors (Lipinski definition) is 3. The Morgan fingerprint density at radius 3 is 3.07 bits per heavy atom. The molecule has 0 radical (unpaired) electrons. The molecule has 1 aromatic heterocycles. The Balaban J connectivity index is 2.33. The van der Waals surface area contributed by atoms with Crippen molar-refractivity contribution in [3.63, 3.8) is 0 Å². The number of ketones is 1. The maximum atomic E-state index is 11.4. The Morgan fingerprint density at radius 1 is 1.71 bits per heavy atom. The van der Waals surface area contributed by atoms with Gasteiger partial charge in [-0.1, -0.05) is 0 Å². The molecule has 1 aromatic rings. The van der Waals surface area contributed by atoms with Crippen molar-refractivity contribution in [3.05, 3.63) is 22.6 Å². The number of carboxylic acid groups (broad SMARTS) is 1. The van der Waals surface area contributed by atoms with Crippen LogP contribution in [0.2, 0.25) is 5.22 Å². The summed E-state index contributed by atoms with van der Waals surface area (Å²) in [5.41, 5.74) is 0.432. The van der Waals surface area contributed by atoms with E-state index in [-0.39, 0.29) is 29.8 Å². The van der Waals surface area contributed by atoms with E-state index in [9.17, 15) is 9.59 Å². The van der Waals surface area contributed by atoms with Gasteiger partial charge < -0.3 is 9.52 Å². The van der Waals surface area contributed by atoms with E-state index in [0.29, 0.717) is 11.3 Å². The third kappa shape index (κ3) is 1.42. The molecule has 0 saturated heterocycles. The molecule has 0 amide bonds. The van der Waals surface area contributed by atoms with Crippen LogP contribution < -0.4 is 0 Å². The van der Waals surface area contributed by atoms with Crippen LogP contribution in [0.3, 0.4) is 0 Å². The summed E-state index contributed by atoms with van der Waals surface area (Å²) in [6.07, 6.45) is 0.111. The summed E-state index contributed by atoms with van der Waals surface area (Å²) in [6.45, 7) is 0. The number of furan rings is 1. The lowest BCUT2D eigenvalue weighted by molar-refractivity contribution is -0.137. The Hall–Kier alpha value is -1.29. The molecule has 2 rings (SSSR count). The molecule has 74 valence electrons. The van der Waals surface area contributed by atoms with Crippen molar-refractivity contribution in [2.24, 2.45) is 0 Å². The molecule has 1 N–H and O–H groups in total. The standard InChI is InChI=1S/C9H7ClO4/c10-7-3-5-6(11)1-4(2-8(12)13)9(5)14-7/h3-4H,1-2H2,(H,12,13). The molecule has 4 nitrogen and oxygen atoms in total. The van der Waals surface area contributed by atoms with Gasteiger partial charge in [-0.15, -0.1) is 0 Å². The van der Waals surface area contributed by atoms with Crippen LogP contribution >= 0.6 is 11.6 Å². The maximum Gasteiger partial charge on any atom is 0.304 e. The largest absolute Gasteiger partial charge is 0.481 e. The fraction of sp³-hybridized carbons (Fsp3) is 0.333. The normalized spacial score (nSPS) is 19.8. The van der Waals surface area contributed by atoms with E-state index in [2.05, 4.69) is 0 Å². The van der Waals surface area contributed by atoms with E-state index < -0.39 is 5.97 Å². The summed E-state index contributed by atoms with van der Waals surface area (Å²) in [7, 11) is 0. The van der Waals surface area contributed by atoms with Crippen LogP contribution in [0.5, 0.6) is 0 Å². The topological polar surface area (TPSA) is 67.5 Å². The predicted molar refractivity (Wildman–Crippen MR) is 47.7 cm³/mol. The average molecular weight is 215 g/mol. The number of Topliss-reactive ketones (excluding diaryl/α,β-unsaturated/α-hetero) is 1. The molecule has 0 aliphatic heterocycles. The molecule has 14 heavy (non-hydrogen) atoms. The molecule has 1 unspecified atom stereocenters. The SMILES string of the molecule is O=C(O)CC1CC(=O)c2cc(Cl)oc21. The minimum Gasteiger partial charge on any atom is -0.481 e. The molecule has 1 aliphatic rings. The Morgan fingerprint density at radius 2 is 2.43 bits per heavy atom. The highest BCUT2D eigenvalue weighted by molar-refractivity contribution is 6.29. The van der Waals surface area contributed by atoms with Gasteiger partial charge in [0.05, 0.1) is 12.0 Å². The second kappa shape index (κ2) is 3.13. The fourth-order valence-corrected chi connectivity index (χ4v) is 1.89. The lowest BCUT2D eigenvalue weighted by Crippen LogP contribution is -2.03. The van der Waals surface area contributed by atoms with E-state index in [1.54, 1.807) is 0 Å². The van der Waals surface area contributed by atoms with Gasteiger partial charge in [-0.05, 0) is 11.6 Å². The molecule has 5 heteroatoms. The number of hydrogen-bond donors (Lipinski definition) is 1. The van der Waals surface area contributed by atoms with Crippen molar-refractivity contribution in [1.82, 2.24) is 0 Å². The van der Waals surface area contributed by atoms with Crippen LogP contribution in [0, 0.1) is 0 Å². The number of carbonyl (C=O) groups excluding carboxylic acids is 1. The van der Waals surface area contributed by atoms with Gasteiger partial charge in [-0.3, -0.25) is 9.59 Å². The molecule has 1 aliphatic carbocycles. The third-order valence-corrected chi connectivity index (χ3v) is 2.44. The predicted octanol–water partition coefficient (Wildman–Crippen LogP) is 2.08. The second-order valence-electron chi connectivity index (χ2n) is 3.25. The lowest BCUT2D eigenvalue weighted by atomic mass is 10.0. The minimum atomic E-state index is -0.942. The lowest BCUT2D eigenvalue weighted by Gasteiger charge is -2.02. The summed E-state index contributed by atoms with van der Waals surface area (Å²) in [5, 5.41) is 8.74. The van der Waals surface area contributed by atoms with Gasteiger partial charge >= 0.3 is 5.97 Å². The van der Waals surface area contributed by atoms with E-state index in [1.165, 1.54) is 6.07 Å². The summed E-state index contributed by atoms with van der Waals surface area (Å²) in [6, 6.07) is 1.45. The highest BCUT2D eigenvalue weighted by atomic mass is 35.5. The molecule has 1 heterocycles. The Labute approximate surface area is 84.5 Å². The minimum absolute atomic E-state index is 0.0947. The highest BCUT2D eigenvalue weighted by Gasteiger charge is 2.34. The van der Waals surface area contributed by atoms with E-state index in [4.69, 9.17) is 21.1 Å². The third-order valence-electron chi connectivity index (χ3n) is 2.25. The molecule has 0 saturated carbocycles. The van der Waals surface area contributed by atoms with Crippen LogP contribution in [-0.4, -0.2) is 16.9 Å². The second-order valence-corrected chi connectivity index (χ2v) is 3.62. The summed E-state index contributed by atoms with van der Waals surface area (Å²) >= 11 is 5.58. The van der Waals surface area contributed by atoms with Crippen molar-refractivity contribution >= 4 is 23.4 Å². The van der Waals surface area contributed by atoms with Crippen LogP contribution in [0.1, 0.15) is 34.9 Å². The zero-order valence-corrected chi connectivity index (χ0v) is 7.87. The number of carbonyl (C=O) groups is 2. The maximum absolute atomic E-state index is 11.4. The molecular weight excluding hydrogens is 208 g/mol. The summed E-state index contributed by atoms with van der Waals surface area (Å²) < 4.78 is 5.09. The molecule has 1 atom stereocenters. The van der Waals surface area contributed by atoms with E-state index >= 15 is 0 Å². The Kier molecular flexibility index (Phi) is 2.07. The van der Waals surface area contributed by atoms with Gasteiger partial charge in [0.2, 0.25) is 0 Å². The first-order valence-electron chi connectivity index (χ1n) is 4.12. The average Bonchev–Trinajstić information content (AvgIpc) is 2.54. The highest BCUT2D eigenvalue weighted by Crippen LogP contribution is 2.38. The molecule has 0 aromatic carbocycles. The molecule has 0 fully saturated rings. The number of aliphatic carboxylic acids is 1. The molecular formula is C9H7ClO4. The number of halogens is 1. The monoisotopic (exact) mass is 214 g/mol. The molecule has 0 spiro atoms. The summed E-state index contributed by atoms with van der Waals surface area (Å²) in [5.74, 6) is -0.977. The van der Waals surface area contributed by atoms with Gasteiger partial charge in [-0.25, -0.2) is 0 Å². The first-order chi connectivity index (χ1) is 6.58. The van der Waals surface area contributed by atoms with Crippen LogP contribution in [0.25, 0.3) is 0 Å². The smallest absolute Gasteiger partial charge is 0.304 e. The van der Waals surface area contributed by atoms with Crippen molar-refractivity contribution < 1.29 is 19.1 Å².